The van der Waals surface area contributed by atoms with Crippen molar-refractivity contribution >= 4 is 11.6 Å². The zero-order valence-electron chi connectivity index (χ0n) is 16.1. The Hall–Kier alpha value is -3.75. The van der Waals surface area contributed by atoms with Crippen LogP contribution in [0.1, 0.15) is 24.1 Å². The molecule has 1 amide bonds. The Bertz CT molecular complexity index is 1130. The van der Waals surface area contributed by atoms with Crippen LogP contribution in [0.2, 0.25) is 0 Å². The molecule has 0 fully saturated rings. The number of aromatic nitrogens is 5. The molecule has 1 N–H and O–H groups in total. The second-order valence-electron chi connectivity index (χ2n) is 6.44. The van der Waals surface area contributed by atoms with E-state index in [2.05, 4.69) is 25.7 Å². The summed E-state index contributed by atoms with van der Waals surface area (Å²) in [5, 5.41) is 15.0. The molecule has 0 unspecified atom stereocenters. The van der Waals surface area contributed by atoms with Crippen LogP contribution in [0, 0.1) is 6.92 Å². The number of ether oxygens (including phenoxy) is 1. The number of nitrogens with zero attached hydrogens (tertiary/aromatic N) is 5. The van der Waals surface area contributed by atoms with Crippen LogP contribution in [0.4, 0.5) is 0 Å². The number of hydrogen-bond donors (Lipinski definition) is 1. The van der Waals surface area contributed by atoms with Gasteiger partial charge in [-0.05, 0) is 43.7 Å². The van der Waals surface area contributed by atoms with Crippen LogP contribution < -0.4 is 10.1 Å². The van der Waals surface area contributed by atoms with Crippen LogP contribution in [0.25, 0.3) is 17.1 Å². The predicted octanol–water partition coefficient (Wildman–Crippen LogP) is 2.35. The third kappa shape index (κ3) is 4.23. The number of pyridine rings is 1. The van der Waals surface area contributed by atoms with Crippen LogP contribution >= 0.6 is 0 Å². The van der Waals surface area contributed by atoms with Crippen molar-refractivity contribution in [2.24, 2.45) is 0 Å². The molecule has 0 saturated heterocycles. The van der Waals surface area contributed by atoms with E-state index in [1.54, 1.807) is 6.92 Å². The van der Waals surface area contributed by atoms with Gasteiger partial charge >= 0.3 is 0 Å². The lowest BCUT2D eigenvalue weighted by atomic mass is 10.1. The zero-order chi connectivity index (χ0) is 20.2. The van der Waals surface area contributed by atoms with Gasteiger partial charge in [-0.3, -0.25) is 9.20 Å². The van der Waals surface area contributed by atoms with Crippen LogP contribution in [-0.2, 0) is 17.8 Å². The number of carbonyl (C=O) groups excluding carboxylic acids is 1. The monoisotopic (exact) mass is 392 g/mol. The molecule has 0 spiro atoms. The minimum Gasteiger partial charge on any atom is -0.494 e. The first kappa shape index (κ1) is 18.6. The van der Waals surface area contributed by atoms with Gasteiger partial charge in [-0.2, -0.15) is 4.98 Å². The van der Waals surface area contributed by atoms with E-state index in [0.717, 1.165) is 16.9 Å². The first-order valence-electron chi connectivity index (χ1n) is 9.25. The summed E-state index contributed by atoms with van der Waals surface area (Å²) in [6.07, 6.45) is 2.10. The Labute approximate surface area is 166 Å². The number of aryl methyl sites for hydroxylation is 1. The van der Waals surface area contributed by atoms with Crippen LogP contribution in [-0.4, -0.2) is 37.3 Å². The van der Waals surface area contributed by atoms with Crippen LogP contribution in [0.3, 0.4) is 0 Å². The van der Waals surface area contributed by atoms with E-state index in [1.165, 1.54) is 0 Å². The van der Waals surface area contributed by atoms with Gasteiger partial charge in [-0.25, -0.2) is 0 Å². The molecule has 148 valence electrons. The van der Waals surface area contributed by atoms with Crippen molar-refractivity contribution in [1.29, 1.82) is 0 Å². The lowest BCUT2D eigenvalue weighted by Crippen LogP contribution is -2.25. The normalized spacial score (nSPS) is 11.0. The molecule has 0 aliphatic rings. The summed E-state index contributed by atoms with van der Waals surface area (Å²) in [5.74, 6) is 2.33. The van der Waals surface area contributed by atoms with E-state index in [9.17, 15) is 4.79 Å². The van der Waals surface area contributed by atoms with Crippen molar-refractivity contribution in [3.63, 3.8) is 0 Å². The van der Waals surface area contributed by atoms with Gasteiger partial charge in [-0.15, -0.1) is 10.2 Å². The number of rotatable bonds is 7. The van der Waals surface area contributed by atoms with Crippen molar-refractivity contribution in [2.75, 3.05) is 6.61 Å². The van der Waals surface area contributed by atoms with Gasteiger partial charge in [0.2, 0.25) is 5.91 Å². The van der Waals surface area contributed by atoms with Gasteiger partial charge in [0.05, 0.1) is 19.6 Å². The Balaban J connectivity index is 1.39. The fourth-order valence-corrected chi connectivity index (χ4v) is 2.90. The zero-order valence-corrected chi connectivity index (χ0v) is 16.1. The maximum Gasteiger partial charge on any atom is 0.258 e. The Kier molecular flexibility index (Phi) is 5.19. The smallest absolute Gasteiger partial charge is 0.258 e. The molecule has 0 aliphatic carbocycles. The van der Waals surface area contributed by atoms with Gasteiger partial charge in [0, 0.05) is 11.8 Å². The van der Waals surface area contributed by atoms with Crippen molar-refractivity contribution in [2.45, 2.75) is 26.8 Å². The summed E-state index contributed by atoms with van der Waals surface area (Å²) in [7, 11) is 0. The molecule has 0 aliphatic heterocycles. The molecule has 29 heavy (non-hydrogen) atoms. The van der Waals surface area contributed by atoms with Crippen molar-refractivity contribution < 1.29 is 14.1 Å². The number of carbonyl (C=O) groups is 1. The molecule has 9 heteroatoms. The molecule has 3 aromatic heterocycles. The number of nitrogens with one attached hydrogen (secondary N) is 1. The summed E-state index contributed by atoms with van der Waals surface area (Å²) in [5.41, 5.74) is 2.31. The third-order valence-electron chi connectivity index (χ3n) is 4.30. The number of amides is 1. The Morgan fingerprint density at radius 3 is 2.76 bits per heavy atom. The fraction of sp³-hybridized carbons (Fsp3) is 0.250. The molecule has 1 aromatic carbocycles. The summed E-state index contributed by atoms with van der Waals surface area (Å²) in [6.45, 7) is 4.58. The minimum absolute atomic E-state index is 0.0936. The molecule has 0 saturated carbocycles. The largest absolute Gasteiger partial charge is 0.494 e. The van der Waals surface area contributed by atoms with Crippen LogP contribution in [0.15, 0.2) is 47.1 Å². The summed E-state index contributed by atoms with van der Waals surface area (Å²) < 4.78 is 12.4. The van der Waals surface area contributed by atoms with Gasteiger partial charge < -0.3 is 14.6 Å². The van der Waals surface area contributed by atoms with E-state index < -0.39 is 0 Å². The van der Waals surface area contributed by atoms with E-state index in [-0.39, 0.29) is 18.9 Å². The highest BCUT2D eigenvalue weighted by Crippen LogP contribution is 2.19. The standard InChI is InChI=1S/C20H20N6O3/c1-3-28-16-6-4-14(5-7-16)10-19(27)21-12-18-24-23-17-11-15(8-9-26(17)18)20-22-13(2)25-29-20/h4-9,11H,3,10,12H2,1-2H3,(H,21,27). The van der Waals surface area contributed by atoms with Gasteiger partial charge in [-0.1, -0.05) is 17.3 Å². The Morgan fingerprint density at radius 1 is 1.21 bits per heavy atom. The molecule has 3 heterocycles. The van der Waals surface area contributed by atoms with Crippen molar-refractivity contribution in [3.05, 3.63) is 59.8 Å². The maximum atomic E-state index is 12.3. The minimum atomic E-state index is -0.0936. The molecule has 0 radical (unpaired) electrons. The van der Waals surface area contributed by atoms with Crippen LogP contribution in [0.5, 0.6) is 5.75 Å². The topological polar surface area (TPSA) is 107 Å². The SMILES string of the molecule is CCOc1ccc(CC(=O)NCc2nnc3cc(-c4nc(C)no4)ccn23)cc1. The molecule has 4 rings (SSSR count). The lowest BCUT2D eigenvalue weighted by Gasteiger charge is -2.06. The highest BCUT2D eigenvalue weighted by molar-refractivity contribution is 5.78. The Morgan fingerprint density at radius 2 is 2.03 bits per heavy atom. The molecule has 0 atom stereocenters. The highest BCUT2D eigenvalue weighted by Gasteiger charge is 2.12. The number of benzene rings is 1. The van der Waals surface area contributed by atoms with Gasteiger partial charge in [0.25, 0.3) is 5.89 Å². The van der Waals surface area contributed by atoms with Gasteiger partial charge in [0.15, 0.2) is 17.3 Å². The average Bonchev–Trinajstić information content (AvgIpc) is 3.34. The van der Waals surface area contributed by atoms with Crippen molar-refractivity contribution in [3.8, 4) is 17.2 Å². The summed E-state index contributed by atoms with van der Waals surface area (Å²) >= 11 is 0. The number of fused-ring (bicyclic) bond motifs is 1. The average molecular weight is 392 g/mol. The molecule has 4 aromatic rings. The predicted molar refractivity (Wildman–Crippen MR) is 104 cm³/mol. The molecule has 0 bridgehead atoms. The van der Waals surface area contributed by atoms with E-state index >= 15 is 0 Å². The maximum absolute atomic E-state index is 12.3. The quantitative estimate of drug-likeness (QED) is 0.514. The second kappa shape index (κ2) is 8.09. The first-order chi connectivity index (χ1) is 14.1. The van der Waals surface area contributed by atoms with Crippen molar-refractivity contribution in [1.82, 2.24) is 30.1 Å². The van der Waals surface area contributed by atoms with Gasteiger partial charge in [0.1, 0.15) is 5.75 Å². The lowest BCUT2D eigenvalue weighted by molar-refractivity contribution is -0.120. The second-order valence-corrected chi connectivity index (χ2v) is 6.44. The molecule has 9 nitrogen and oxygen atoms in total. The van der Waals surface area contributed by atoms with E-state index in [1.807, 2.05) is 53.9 Å². The highest BCUT2D eigenvalue weighted by atomic mass is 16.5. The first-order valence-corrected chi connectivity index (χ1v) is 9.25. The third-order valence-corrected chi connectivity index (χ3v) is 4.30. The fourth-order valence-electron chi connectivity index (χ4n) is 2.90. The molecular weight excluding hydrogens is 372 g/mol. The van der Waals surface area contributed by atoms with E-state index in [4.69, 9.17) is 9.26 Å². The molecular formula is C20H20N6O3. The summed E-state index contributed by atoms with van der Waals surface area (Å²) in [6, 6.07) is 11.1. The summed E-state index contributed by atoms with van der Waals surface area (Å²) in [4.78, 5) is 16.5. The van der Waals surface area contributed by atoms with E-state index in [0.29, 0.717) is 29.8 Å². The number of hydrogen-bond acceptors (Lipinski definition) is 7.